The molecule has 2 heteroatoms. The fraction of sp³-hybridized carbons (Fsp3) is 0.316. The van der Waals surface area contributed by atoms with Gasteiger partial charge in [-0.1, -0.05) is 30.3 Å². The van der Waals surface area contributed by atoms with E-state index in [1.54, 1.807) is 6.92 Å². The molecule has 21 heavy (non-hydrogen) atoms. The van der Waals surface area contributed by atoms with Gasteiger partial charge < -0.3 is 4.90 Å². The van der Waals surface area contributed by atoms with E-state index in [1.807, 2.05) is 6.07 Å². The smallest absolute Gasteiger partial charge is 0.159 e. The summed E-state index contributed by atoms with van der Waals surface area (Å²) in [5.41, 5.74) is 4.84. The number of rotatable bonds is 4. The average Bonchev–Trinajstić information content (AvgIpc) is 2.53. The van der Waals surface area contributed by atoms with E-state index in [1.165, 1.54) is 23.2 Å². The monoisotopic (exact) mass is 279 g/mol. The summed E-state index contributed by atoms with van der Waals surface area (Å²) >= 11 is 0. The molecule has 0 saturated carbocycles. The van der Waals surface area contributed by atoms with Gasteiger partial charge in [0.05, 0.1) is 0 Å². The van der Waals surface area contributed by atoms with Crippen LogP contribution in [0.3, 0.4) is 0 Å². The standard InChI is InChI=1S/C19H21NO/c1-15(21)17-9-10-19-18(14-17)8-5-12-20(19)13-11-16-6-3-2-4-7-16/h2-4,6-7,9-10,14H,5,8,11-13H2,1H3. The van der Waals surface area contributed by atoms with Crippen molar-refractivity contribution in [1.82, 2.24) is 0 Å². The van der Waals surface area contributed by atoms with Gasteiger partial charge in [-0.25, -0.2) is 0 Å². The quantitative estimate of drug-likeness (QED) is 0.791. The molecule has 0 radical (unpaired) electrons. The summed E-state index contributed by atoms with van der Waals surface area (Å²) in [4.78, 5) is 14.0. The van der Waals surface area contributed by atoms with Gasteiger partial charge in [-0.2, -0.15) is 0 Å². The zero-order valence-electron chi connectivity index (χ0n) is 12.5. The van der Waals surface area contributed by atoms with E-state index >= 15 is 0 Å². The zero-order valence-corrected chi connectivity index (χ0v) is 12.5. The number of ketones is 1. The molecule has 2 aromatic carbocycles. The second-order valence-corrected chi connectivity index (χ2v) is 5.73. The number of carbonyl (C=O) groups excluding carboxylic acids is 1. The van der Waals surface area contributed by atoms with E-state index in [0.717, 1.165) is 31.5 Å². The number of carbonyl (C=O) groups is 1. The number of benzene rings is 2. The van der Waals surface area contributed by atoms with Crippen LogP contribution in [0.5, 0.6) is 0 Å². The summed E-state index contributed by atoms with van der Waals surface area (Å²) < 4.78 is 0. The van der Waals surface area contributed by atoms with Gasteiger partial charge in [0, 0.05) is 24.3 Å². The molecule has 3 rings (SSSR count). The van der Waals surface area contributed by atoms with Crippen LogP contribution < -0.4 is 4.90 Å². The minimum Gasteiger partial charge on any atom is -0.371 e. The minimum atomic E-state index is 0.152. The molecule has 0 unspecified atom stereocenters. The molecule has 0 saturated heterocycles. The van der Waals surface area contributed by atoms with Crippen molar-refractivity contribution in [3.8, 4) is 0 Å². The van der Waals surface area contributed by atoms with Crippen LogP contribution in [0.15, 0.2) is 48.5 Å². The molecule has 0 aliphatic carbocycles. The Hall–Kier alpha value is -2.09. The Morgan fingerprint density at radius 1 is 1.14 bits per heavy atom. The van der Waals surface area contributed by atoms with Crippen LogP contribution in [0.4, 0.5) is 5.69 Å². The van der Waals surface area contributed by atoms with Crippen molar-refractivity contribution in [1.29, 1.82) is 0 Å². The van der Waals surface area contributed by atoms with Crippen molar-refractivity contribution in [2.24, 2.45) is 0 Å². The highest BCUT2D eigenvalue weighted by atomic mass is 16.1. The van der Waals surface area contributed by atoms with Crippen LogP contribution >= 0.6 is 0 Å². The fourth-order valence-corrected chi connectivity index (χ4v) is 3.04. The Bertz CT molecular complexity index is 633. The molecule has 0 bridgehead atoms. The highest BCUT2D eigenvalue weighted by Crippen LogP contribution is 2.28. The molecule has 1 heterocycles. The summed E-state index contributed by atoms with van der Waals surface area (Å²) in [6.45, 7) is 3.79. The number of hydrogen-bond donors (Lipinski definition) is 0. The SMILES string of the molecule is CC(=O)c1ccc2c(c1)CCCN2CCc1ccccc1. The molecule has 0 amide bonds. The molecule has 0 spiro atoms. The molecule has 0 atom stereocenters. The van der Waals surface area contributed by atoms with Gasteiger partial charge in [0.25, 0.3) is 0 Å². The molecule has 0 N–H and O–H groups in total. The third-order valence-corrected chi connectivity index (χ3v) is 4.21. The number of Topliss-reactive ketones (excluding diaryl/α,β-unsaturated/α-hetero) is 1. The minimum absolute atomic E-state index is 0.152. The van der Waals surface area contributed by atoms with E-state index in [0.29, 0.717) is 0 Å². The molecule has 2 aromatic rings. The van der Waals surface area contributed by atoms with Crippen LogP contribution in [-0.4, -0.2) is 18.9 Å². The first-order valence-electron chi connectivity index (χ1n) is 7.67. The molecule has 1 aliphatic heterocycles. The lowest BCUT2D eigenvalue weighted by Gasteiger charge is -2.31. The highest BCUT2D eigenvalue weighted by molar-refractivity contribution is 5.94. The van der Waals surface area contributed by atoms with Crippen molar-refractivity contribution in [3.63, 3.8) is 0 Å². The van der Waals surface area contributed by atoms with Crippen LogP contribution in [-0.2, 0) is 12.8 Å². The van der Waals surface area contributed by atoms with Crippen molar-refractivity contribution in [2.45, 2.75) is 26.2 Å². The lowest BCUT2D eigenvalue weighted by molar-refractivity contribution is 0.101. The average molecular weight is 279 g/mol. The molecular formula is C19H21NO. The highest BCUT2D eigenvalue weighted by Gasteiger charge is 2.17. The van der Waals surface area contributed by atoms with E-state index in [2.05, 4.69) is 47.4 Å². The predicted molar refractivity (Wildman–Crippen MR) is 87.1 cm³/mol. The van der Waals surface area contributed by atoms with Crippen molar-refractivity contribution in [2.75, 3.05) is 18.0 Å². The number of anilines is 1. The van der Waals surface area contributed by atoms with Gasteiger partial charge in [-0.3, -0.25) is 4.79 Å². The van der Waals surface area contributed by atoms with Crippen molar-refractivity contribution >= 4 is 11.5 Å². The molecule has 0 fully saturated rings. The lowest BCUT2D eigenvalue weighted by atomic mass is 9.97. The topological polar surface area (TPSA) is 20.3 Å². The first-order chi connectivity index (χ1) is 10.2. The summed E-state index contributed by atoms with van der Waals surface area (Å²) in [5, 5.41) is 0. The maximum atomic E-state index is 11.5. The van der Waals surface area contributed by atoms with E-state index in [9.17, 15) is 4.79 Å². The summed E-state index contributed by atoms with van der Waals surface area (Å²) in [5.74, 6) is 0.152. The van der Waals surface area contributed by atoms with Gasteiger partial charge in [0.15, 0.2) is 5.78 Å². The van der Waals surface area contributed by atoms with Gasteiger partial charge in [-0.15, -0.1) is 0 Å². The maximum Gasteiger partial charge on any atom is 0.159 e. The summed E-state index contributed by atoms with van der Waals surface area (Å²) in [6, 6.07) is 16.8. The Kier molecular flexibility index (Phi) is 4.05. The fourth-order valence-electron chi connectivity index (χ4n) is 3.04. The van der Waals surface area contributed by atoms with E-state index in [-0.39, 0.29) is 5.78 Å². The number of fused-ring (bicyclic) bond motifs is 1. The summed E-state index contributed by atoms with van der Waals surface area (Å²) in [7, 11) is 0. The normalized spacial score (nSPS) is 13.9. The van der Waals surface area contributed by atoms with Gasteiger partial charge in [-0.05, 0) is 55.5 Å². The predicted octanol–water partition coefficient (Wildman–Crippen LogP) is 3.88. The number of aryl methyl sites for hydroxylation is 1. The van der Waals surface area contributed by atoms with E-state index in [4.69, 9.17) is 0 Å². The first-order valence-corrected chi connectivity index (χ1v) is 7.67. The Labute approximate surface area is 126 Å². The van der Waals surface area contributed by atoms with Gasteiger partial charge in [0.2, 0.25) is 0 Å². The second-order valence-electron chi connectivity index (χ2n) is 5.73. The van der Waals surface area contributed by atoms with Crippen LogP contribution in [0.25, 0.3) is 0 Å². The van der Waals surface area contributed by atoms with Gasteiger partial charge in [0.1, 0.15) is 0 Å². The summed E-state index contributed by atoms with van der Waals surface area (Å²) in [6.07, 6.45) is 3.32. The van der Waals surface area contributed by atoms with Crippen LogP contribution in [0.2, 0.25) is 0 Å². The van der Waals surface area contributed by atoms with Crippen molar-refractivity contribution in [3.05, 3.63) is 65.2 Å². The zero-order chi connectivity index (χ0) is 14.7. The third-order valence-electron chi connectivity index (χ3n) is 4.21. The second kappa shape index (κ2) is 6.13. The number of hydrogen-bond acceptors (Lipinski definition) is 2. The first kappa shape index (κ1) is 13.9. The largest absolute Gasteiger partial charge is 0.371 e. The molecular weight excluding hydrogens is 258 g/mol. The van der Waals surface area contributed by atoms with Gasteiger partial charge >= 0.3 is 0 Å². The van der Waals surface area contributed by atoms with Crippen molar-refractivity contribution < 1.29 is 4.79 Å². The Morgan fingerprint density at radius 3 is 2.71 bits per heavy atom. The molecule has 2 nitrogen and oxygen atoms in total. The Morgan fingerprint density at radius 2 is 1.95 bits per heavy atom. The maximum absolute atomic E-state index is 11.5. The molecule has 0 aromatic heterocycles. The van der Waals surface area contributed by atoms with Crippen LogP contribution in [0, 0.1) is 0 Å². The van der Waals surface area contributed by atoms with E-state index < -0.39 is 0 Å². The Balaban J connectivity index is 1.76. The van der Waals surface area contributed by atoms with Crippen LogP contribution in [0.1, 0.15) is 34.8 Å². The third kappa shape index (κ3) is 3.15. The molecule has 108 valence electrons. The number of nitrogens with zero attached hydrogens (tertiary/aromatic N) is 1. The molecule has 1 aliphatic rings. The lowest BCUT2D eigenvalue weighted by Crippen LogP contribution is -2.31.